The van der Waals surface area contributed by atoms with Crippen LogP contribution in [0.5, 0.6) is 0 Å². The average molecular weight is 333 g/mol. The molecule has 0 amide bonds. The minimum absolute atomic E-state index is 0.450. The highest BCUT2D eigenvalue weighted by molar-refractivity contribution is 8.65. The number of nitrogens with zero attached hydrogens (tertiary/aromatic N) is 4. The first-order valence-corrected chi connectivity index (χ1v) is 7.96. The molecule has 0 heterocycles. The van der Waals surface area contributed by atoms with Crippen LogP contribution in [-0.4, -0.2) is 36.1 Å². The molecule has 0 aromatic rings. The highest BCUT2D eigenvalue weighted by Gasteiger charge is 2.63. The van der Waals surface area contributed by atoms with Crippen LogP contribution in [-0.2, 0) is 33.5 Å². The maximum absolute atomic E-state index is 11.3. The van der Waals surface area contributed by atoms with E-state index in [0.717, 1.165) is 5.40 Å². The molecule has 104 valence electrons. The molecular weight excluding hydrogens is 332 g/mol. The lowest BCUT2D eigenvalue weighted by Gasteiger charge is -2.04. The Morgan fingerprint density at radius 2 is 1.84 bits per heavy atom. The van der Waals surface area contributed by atoms with Crippen LogP contribution >= 0.6 is 0 Å². The molecule has 0 aromatic carbocycles. The van der Waals surface area contributed by atoms with Crippen LogP contribution in [0.1, 0.15) is 0 Å². The van der Waals surface area contributed by atoms with E-state index in [4.69, 9.17) is 15.6 Å². The molecule has 0 bridgehead atoms. The molecule has 0 fully saturated rings. The van der Waals surface area contributed by atoms with E-state index in [9.17, 15) is 31.7 Å². The fourth-order valence-electron chi connectivity index (χ4n) is 0.547. The molecule has 0 aliphatic rings. The summed E-state index contributed by atoms with van der Waals surface area (Å²) in [6.45, 7) is 0. The highest BCUT2D eigenvalue weighted by Crippen LogP contribution is 2.19. The van der Waals surface area contributed by atoms with Crippen molar-refractivity contribution in [2.75, 3.05) is 0 Å². The standard InChI is InChI=1S/C3N4O9S3/c4-1-16-19(14,15)18(12,13)7(6(10)11)17(2-5)3(8)9/p+1. The molecular formula is C3HN4O9S3+. The number of carbonyl (C=O) groups is 1. The monoisotopic (exact) mass is 333 g/mol. The van der Waals surface area contributed by atoms with E-state index in [2.05, 4.69) is 4.18 Å². The Morgan fingerprint density at radius 3 is 2.11 bits per heavy atom. The SMILES string of the molecule is N#COS(=O)(=O)S(=O)(=O)N([N+](=O)[O-])[S+](C#N)C(=O)O. The number of rotatable bonds is 5. The Bertz CT molecular complexity index is 679. The molecule has 0 spiro atoms. The van der Waals surface area contributed by atoms with Crippen LogP contribution in [0.25, 0.3) is 0 Å². The summed E-state index contributed by atoms with van der Waals surface area (Å²) < 4.78 is 46.4. The molecule has 1 N–H and O–H groups in total. The quantitative estimate of drug-likeness (QED) is 0.196. The van der Waals surface area contributed by atoms with Crippen molar-refractivity contribution in [3.63, 3.8) is 0 Å². The van der Waals surface area contributed by atoms with Crippen molar-refractivity contribution in [2.24, 2.45) is 0 Å². The Morgan fingerprint density at radius 1 is 1.37 bits per heavy atom. The van der Waals surface area contributed by atoms with Gasteiger partial charge >= 0.3 is 46.2 Å². The van der Waals surface area contributed by atoms with Crippen molar-refractivity contribution in [1.29, 1.82) is 10.5 Å². The van der Waals surface area contributed by atoms with E-state index in [1.807, 2.05) is 0 Å². The second kappa shape index (κ2) is 5.56. The van der Waals surface area contributed by atoms with Crippen molar-refractivity contribution >= 4 is 34.6 Å². The van der Waals surface area contributed by atoms with Gasteiger partial charge in [0.15, 0.2) is 0 Å². The van der Waals surface area contributed by atoms with Crippen LogP contribution in [0, 0.1) is 32.3 Å². The summed E-state index contributed by atoms with van der Waals surface area (Å²) in [7, 11) is -11.9. The minimum atomic E-state index is -6.05. The minimum Gasteiger partial charge on any atom is -0.438 e. The van der Waals surface area contributed by atoms with Crippen molar-refractivity contribution < 1.29 is 36.0 Å². The van der Waals surface area contributed by atoms with Gasteiger partial charge in [-0.3, -0.25) is 4.18 Å². The van der Waals surface area contributed by atoms with Crippen molar-refractivity contribution in [1.82, 2.24) is 3.82 Å². The van der Waals surface area contributed by atoms with Gasteiger partial charge in [0.05, 0.1) is 0 Å². The smallest absolute Gasteiger partial charge is 0.438 e. The number of hydrazine groups is 1. The number of carboxylic acid groups (broad SMARTS) is 1. The summed E-state index contributed by atoms with van der Waals surface area (Å²) in [6.07, 6.45) is 0.450. The van der Waals surface area contributed by atoms with Crippen LogP contribution in [0.15, 0.2) is 0 Å². The van der Waals surface area contributed by atoms with E-state index < -0.39 is 43.4 Å². The summed E-state index contributed by atoms with van der Waals surface area (Å²) in [5, 5.41) is 31.7. The number of nitriles is 2. The van der Waals surface area contributed by atoms with Crippen LogP contribution in [0.2, 0.25) is 0 Å². The van der Waals surface area contributed by atoms with Gasteiger partial charge in [0.25, 0.3) is 0 Å². The highest BCUT2D eigenvalue weighted by atomic mass is 33.2. The van der Waals surface area contributed by atoms with Gasteiger partial charge < -0.3 is 5.11 Å². The molecule has 0 aromatic heterocycles. The average Bonchev–Trinajstić information content (AvgIpc) is 2.23. The molecule has 16 heteroatoms. The predicted molar refractivity (Wildman–Crippen MR) is 54.4 cm³/mol. The molecule has 0 aliphatic carbocycles. The van der Waals surface area contributed by atoms with E-state index in [-0.39, 0.29) is 0 Å². The van der Waals surface area contributed by atoms with E-state index in [1.165, 1.54) is 0 Å². The lowest BCUT2D eigenvalue weighted by molar-refractivity contribution is -0.584. The fraction of sp³-hybridized carbons (Fsp3) is 0. The van der Waals surface area contributed by atoms with Gasteiger partial charge in [-0.25, -0.2) is 10.1 Å². The third-order valence-corrected chi connectivity index (χ3v) is 6.88. The van der Waals surface area contributed by atoms with Gasteiger partial charge in [-0.05, 0) is 0 Å². The number of thiocyanates is 1. The predicted octanol–water partition coefficient (Wildman–Crippen LogP) is -1.76. The Kier molecular flexibility index (Phi) is 4.89. The normalized spacial score (nSPS) is 12.5. The summed E-state index contributed by atoms with van der Waals surface area (Å²) >= 11 is -3.27. The molecule has 13 nitrogen and oxygen atoms in total. The van der Waals surface area contributed by atoms with Crippen molar-refractivity contribution in [2.45, 2.75) is 0 Å². The zero-order valence-electron chi connectivity index (χ0n) is 8.23. The summed E-state index contributed by atoms with van der Waals surface area (Å²) in [6, 6.07) is 0. The Labute approximate surface area is 107 Å². The van der Waals surface area contributed by atoms with E-state index in [1.54, 1.807) is 0 Å². The first-order valence-electron chi connectivity index (χ1n) is 3.42. The van der Waals surface area contributed by atoms with E-state index >= 15 is 0 Å². The first-order chi connectivity index (χ1) is 8.52. The number of hydrogen-bond acceptors (Lipinski definition) is 10. The zero-order valence-corrected chi connectivity index (χ0v) is 10.7. The third kappa shape index (κ3) is 3.13. The molecule has 1 atom stereocenters. The maximum Gasteiger partial charge on any atom is 0.575 e. The van der Waals surface area contributed by atoms with Crippen LogP contribution < -0.4 is 0 Å². The summed E-state index contributed by atoms with van der Waals surface area (Å²) in [5.74, 6) is 0. The zero-order chi connectivity index (χ0) is 15.4. The molecule has 1 unspecified atom stereocenters. The topological polar surface area (TPSA) is 209 Å². The lowest BCUT2D eigenvalue weighted by Crippen LogP contribution is -2.46. The third-order valence-electron chi connectivity index (χ3n) is 1.13. The fourth-order valence-corrected chi connectivity index (χ4v) is 4.68. The van der Waals surface area contributed by atoms with Gasteiger partial charge in [-0.1, -0.05) is 0 Å². The second-order valence-corrected chi connectivity index (χ2v) is 8.48. The number of hydrogen-bond donors (Lipinski definition) is 1. The molecule has 0 saturated heterocycles. The van der Waals surface area contributed by atoms with Gasteiger partial charge in [0.1, 0.15) is 0 Å². The van der Waals surface area contributed by atoms with Crippen molar-refractivity contribution in [3.05, 3.63) is 10.1 Å². The molecule has 0 aliphatic heterocycles. The largest absolute Gasteiger partial charge is 0.575 e. The first kappa shape index (κ1) is 16.7. The summed E-state index contributed by atoms with van der Waals surface area (Å²) in [4.78, 5) is 20.9. The van der Waals surface area contributed by atoms with Crippen molar-refractivity contribution in [3.8, 4) is 11.7 Å². The van der Waals surface area contributed by atoms with Gasteiger partial charge in [0, 0.05) is 0 Å². The van der Waals surface area contributed by atoms with Gasteiger partial charge in [-0.15, -0.1) is 10.5 Å². The van der Waals surface area contributed by atoms with Gasteiger partial charge in [0.2, 0.25) is 8.85 Å². The molecule has 0 saturated carbocycles. The van der Waals surface area contributed by atoms with E-state index in [0.29, 0.717) is 6.26 Å². The molecule has 0 rings (SSSR count). The van der Waals surface area contributed by atoms with Crippen LogP contribution in [0.4, 0.5) is 4.79 Å². The Balaban J connectivity index is 6.12. The molecule has 0 radical (unpaired) electrons. The van der Waals surface area contributed by atoms with Gasteiger partial charge in [-0.2, -0.15) is 21.6 Å². The summed E-state index contributed by atoms with van der Waals surface area (Å²) in [5.41, 5.74) is 0. The Hall–Kier alpha value is -2.30. The van der Waals surface area contributed by atoms with Crippen LogP contribution in [0.3, 0.4) is 0 Å². The molecule has 19 heavy (non-hydrogen) atoms. The lowest BCUT2D eigenvalue weighted by atomic mass is 11.6. The maximum atomic E-state index is 11.3. The number of nitro groups is 1. The second-order valence-electron chi connectivity index (χ2n) is 2.13.